The Morgan fingerprint density at radius 2 is 1.63 bits per heavy atom. The molecule has 0 saturated carbocycles. The molecule has 8 heteroatoms. The van der Waals surface area contributed by atoms with Crippen molar-refractivity contribution in [1.29, 1.82) is 0 Å². The number of aliphatic hydroxyl groups is 1. The van der Waals surface area contributed by atoms with Crippen molar-refractivity contribution in [2.45, 2.75) is 87.1 Å². The minimum atomic E-state index is -3.12. The number of hydrogen-bond donors (Lipinski definition) is 1. The summed E-state index contributed by atoms with van der Waals surface area (Å²) in [5, 5.41) is 10.3. The van der Waals surface area contributed by atoms with E-state index in [4.69, 9.17) is 9.31 Å². The third kappa shape index (κ3) is 3.05. The van der Waals surface area contributed by atoms with E-state index in [-0.39, 0.29) is 12.8 Å². The molecule has 3 aliphatic rings. The van der Waals surface area contributed by atoms with E-state index in [1.807, 2.05) is 33.8 Å². The van der Waals surface area contributed by atoms with Crippen LogP contribution in [0.3, 0.4) is 0 Å². The first kappa shape index (κ1) is 19.4. The van der Waals surface area contributed by atoms with Crippen LogP contribution in [0.2, 0.25) is 0 Å². The van der Waals surface area contributed by atoms with Crippen molar-refractivity contribution in [3.8, 4) is 0 Å². The number of hydrogen-bond acceptors (Lipinski definition) is 6. The number of fused-ring (bicyclic) bond motifs is 2. The van der Waals surface area contributed by atoms with Gasteiger partial charge in [0.25, 0.3) is 0 Å². The van der Waals surface area contributed by atoms with Gasteiger partial charge in [0.1, 0.15) is 5.60 Å². The van der Waals surface area contributed by atoms with Crippen LogP contribution in [0, 0.1) is 0 Å². The molecule has 0 amide bonds. The molecule has 3 fully saturated rings. The highest BCUT2D eigenvalue weighted by Gasteiger charge is 2.53. The van der Waals surface area contributed by atoms with Crippen LogP contribution < -0.4 is 5.46 Å². The molecule has 3 saturated heterocycles. The molecule has 0 spiro atoms. The van der Waals surface area contributed by atoms with Crippen molar-refractivity contribution in [3.05, 3.63) is 24.0 Å². The third-order valence-corrected chi connectivity index (χ3v) is 9.56. The van der Waals surface area contributed by atoms with Gasteiger partial charge in [0.15, 0.2) is 9.84 Å². The van der Waals surface area contributed by atoms with Crippen LogP contribution in [0.5, 0.6) is 0 Å². The van der Waals surface area contributed by atoms with Crippen LogP contribution in [0.15, 0.2) is 18.3 Å². The Labute approximate surface area is 161 Å². The van der Waals surface area contributed by atoms with Crippen LogP contribution in [0.25, 0.3) is 0 Å². The van der Waals surface area contributed by atoms with Crippen LogP contribution in [-0.4, -0.2) is 47.3 Å². The first-order valence-corrected chi connectivity index (χ1v) is 11.3. The van der Waals surface area contributed by atoms with Gasteiger partial charge in [-0.2, -0.15) is 0 Å². The van der Waals surface area contributed by atoms with Crippen molar-refractivity contribution >= 4 is 22.4 Å². The number of aromatic nitrogens is 1. The van der Waals surface area contributed by atoms with Gasteiger partial charge in [0.2, 0.25) is 0 Å². The van der Waals surface area contributed by atoms with Crippen LogP contribution in [0.4, 0.5) is 0 Å². The largest absolute Gasteiger partial charge is 0.496 e. The Hall–Kier alpha value is -0.955. The molecule has 0 radical (unpaired) electrons. The van der Waals surface area contributed by atoms with Gasteiger partial charge < -0.3 is 14.4 Å². The molecule has 27 heavy (non-hydrogen) atoms. The average molecular weight is 393 g/mol. The van der Waals surface area contributed by atoms with Crippen molar-refractivity contribution in [2.24, 2.45) is 0 Å². The van der Waals surface area contributed by atoms with Gasteiger partial charge in [0, 0.05) is 11.7 Å². The van der Waals surface area contributed by atoms with E-state index in [1.54, 1.807) is 12.3 Å². The highest BCUT2D eigenvalue weighted by molar-refractivity contribution is 7.92. The Balaban J connectivity index is 1.57. The zero-order chi connectivity index (χ0) is 19.7. The number of sulfone groups is 1. The summed E-state index contributed by atoms with van der Waals surface area (Å²) in [6.07, 6.45) is 4.32. The molecule has 1 N–H and O–H groups in total. The fraction of sp³-hybridized carbons (Fsp3) is 0.737. The third-order valence-electron chi connectivity index (χ3n) is 6.90. The van der Waals surface area contributed by atoms with Crippen molar-refractivity contribution < 1.29 is 22.8 Å². The Bertz CT molecular complexity index is 800. The molecule has 0 aromatic carbocycles. The first-order chi connectivity index (χ1) is 12.4. The van der Waals surface area contributed by atoms with E-state index >= 15 is 0 Å². The lowest BCUT2D eigenvalue weighted by Crippen LogP contribution is -2.50. The van der Waals surface area contributed by atoms with E-state index in [1.165, 1.54) is 0 Å². The van der Waals surface area contributed by atoms with E-state index in [9.17, 15) is 13.5 Å². The number of nitrogens with zero attached hydrogens (tertiary/aromatic N) is 1. The minimum absolute atomic E-state index is 0.231. The topological polar surface area (TPSA) is 85.7 Å². The van der Waals surface area contributed by atoms with Gasteiger partial charge >= 0.3 is 7.12 Å². The van der Waals surface area contributed by atoms with E-state index < -0.39 is 44.3 Å². The molecule has 3 aliphatic heterocycles. The molecule has 2 atom stereocenters. The lowest BCUT2D eigenvalue weighted by atomic mass is 9.78. The molecule has 4 rings (SSSR count). The van der Waals surface area contributed by atoms with Crippen LogP contribution in [0.1, 0.15) is 65.5 Å². The second kappa shape index (κ2) is 6.02. The summed E-state index contributed by atoms with van der Waals surface area (Å²) in [4.78, 5) is 4.48. The average Bonchev–Trinajstić information content (AvgIpc) is 2.77. The smallest absolute Gasteiger partial charge is 0.399 e. The summed E-state index contributed by atoms with van der Waals surface area (Å²) in [6.45, 7) is 7.99. The van der Waals surface area contributed by atoms with Gasteiger partial charge in [-0.05, 0) is 59.4 Å². The summed E-state index contributed by atoms with van der Waals surface area (Å²) in [5.41, 5.74) is -0.706. The predicted molar refractivity (Wildman–Crippen MR) is 103 cm³/mol. The Kier molecular flexibility index (Phi) is 4.32. The number of pyridine rings is 1. The summed E-state index contributed by atoms with van der Waals surface area (Å²) in [6, 6.07) is 3.65. The SMILES string of the molecule is CC1(C)OB(c2ccc(C3(O)CC4CCCC(C3)S4(=O)=O)nc2)OC1(C)C. The number of rotatable bonds is 2. The Morgan fingerprint density at radius 1 is 1.07 bits per heavy atom. The Morgan fingerprint density at radius 3 is 2.11 bits per heavy atom. The second-order valence-corrected chi connectivity index (χ2v) is 11.8. The summed E-state index contributed by atoms with van der Waals surface area (Å²) in [5.74, 6) is 0. The lowest BCUT2D eigenvalue weighted by molar-refractivity contribution is 0.00101. The molecule has 0 aliphatic carbocycles. The molecule has 4 heterocycles. The first-order valence-electron chi connectivity index (χ1n) is 9.72. The quantitative estimate of drug-likeness (QED) is 0.770. The monoisotopic (exact) mass is 393 g/mol. The van der Waals surface area contributed by atoms with Gasteiger partial charge in [-0.25, -0.2) is 8.42 Å². The molecular formula is C19H28BNO5S. The van der Waals surface area contributed by atoms with E-state index in [0.717, 1.165) is 11.9 Å². The summed E-state index contributed by atoms with van der Waals surface area (Å²) < 4.78 is 37.1. The maximum atomic E-state index is 12.5. The van der Waals surface area contributed by atoms with Crippen LogP contribution >= 0.6 is 0 Å². The van der Waals surface area contributed by atoms with Crippen molar-refractivity contribution in [3.63, 3.8) is 0 Å². The predicted octanol–water partition coefficient (Wildman–Crippen LogP) is 1.70. The maximum Gasteiger partial charge on any atom is 0.496 e. The molecule has 6 nitrogen and oxygen atoms in total. The van der Waals surface area contributed by atoms with Gasteiger partial charge in [-0.3, -0.25) is 4.98 Å². The van der Waals surface area contributed by atoms with Crippen molar-refractivity contribution in [1.82, 2.24) is 4.98 Å². The second-order valence-electron chi connectivity index (χ2n) is 9.27. The summed E-state index contributed by atoms with van der Waals surface area (Å²) in [7, 11) is -3.62. The highest BCUT2D eigenvalue weighted by atomic mass is 32.2. The molecule has 2 unspecified atom stereocenters. The van der Waals surface area contributed by atoms with Gasteiger partial charge in [-0.1, -0.05) is 12.5 Å². The van der Waals surface area contributed by atoms with Crippen LogP contribution in [-0.2, 0) is 24.7 Å². The van der Waals surface area contributed by atoms with E-state index in [2.05, 4.69) is 4.98 Å². The zero-order valence-electron chi connectivity index (χ0n) is 16.4. The standard InChI is InChI=1S/C19H28BNO5S/c1-17(2)18(3,4)26-20(25-17)13-8-9-16(21-12-13)19(22)10-14-6-5-7-15(11-19)27(14,23)24/h8-9,12,14-15,22H,5-7,10-11H2,1-4H3. The normalized spacial score (nSPS) is 36.6. The lowest BCUT2D eigenvalue weighted by Gasteiger charge is -2.43. The highest BCUT2D eigenvalue weighted by Crippen LogP contribution is 2.45. The van der Waals surface area contributed by atoms with E-state index in [0.29, 0.717) is 18.5 Å². The molecule has 1 aromatic heterocycles. The maximum absolute atomic E-state index is 12.5. The molecule has 148 valence electrons. The fourth-order valence-corrected chi connectivity index (χ4v) is 7.01. The van der Waals surface area contributed by atoms with Gasteiger partial charge in [-0.15, -0.1) is 0 Å². The molecular weight excluding hydrogens is 365 g/mol. The van der Waals surface area contributed by atoms with Crippen molar-refractivity contribution in [2.75, 3.05) is 0 Å². The minimum Gasteiger partial charge on any atom is -0.399 e. The summed E-state index contributed by atoms with van der Waals surface area (Å²) >= 11 is 0. The van der Waals surface area contributed by atoms with Gasteiger partial charge in [0.05, 0.1) is 27.4 Å². The molecule has 1 aromatic rings. The molecule has 2 bridgehead atoms. The zero-order valence-corrected chi connectivity index (χ0v) is 17.3. The fourth-order valence-electron chi connectivity index (χ4n) is 4.46.